The molecule has 0 bridgehead atoms. The zero-order valence-electron chi connectivity index (χ0n) is 19.3. The number of carbonyl (C=O) groups is 5. The lowest BCUT2D eigenvalue weighted by Gasteiger charge is -2.27. The maximum atomic E-state index is 12.9. The Kier molecular flexibility index (Phi) is 13.1. The number of rotatable bonds is 9. The number of aliphatic hydroxyl groups is 1. The van der Waals surface area contributed by atoms with Gasteiger partial charge in [0.15, 0.2) is 11.6 Å². The first kappa shape index (κ1) is 28.9. The average Bonchev–Trinajstić information content (AvgIpc) is 2.78. The fourth-order valence-corrected chi connectivity index (χ4v) is 3.51. The van der Waals surface area contributed by atoms with Crippen molar-refractivity contribution < 1.29 is 29.1 Å². The van der Waals surface area contributed by atoms with E-state index in [0.717, 1.165) is 0 Å². The molecule has 0 aromatic carbocycles. The number of nitrogens with two attached hydrogens (primary N) is 1. The SMILES string of the molecule is CSCC[C@H](C=O)N[C@@H]1NC(=O)CC/C=C/CN(C)C(=O)[C@H](C(=O)[C@@H](N)[C@H](C)O)NCC1=O. The Bertz CT molecular complexity index is 732. The Labute approximate surface area is 198 Å². The number of hydrogen-bond donors (Lipinski definition) is 5. The van der Waals surface area contributed by atoms with E-state index < -0.39 is 54.4 Å². The lowest BCUT2D eigenvalue weighted by atomic mass is 10.0. The molecule has 1 heterocycles. The summed E-state index contributed by atoms with van der Waals surface area (Å²) in [5.41, 5.74) is 5.75. The first-order chi connectivity index (χ1) is 15.6. The van der Waals surface area contributed by atoms with Gasteiger partial charge in [0.25, 0.3) is 0 Å². The standard InChI is InChI=1S/C21H35N5O6S/c1-13(28)17(22)19(31)18-21(32)26(2)9-6-4-5-7-16(30)25-20(15(29)11-23-18)24-14(12-27)8-10-33-3/h4,6,12-14,17-18,20,23-24,28H,5,7-11,22H2,1-3H3,(H,25,30)/b6-4+/t13-,14+,17-,18-,20+/m0/s1. The number of likely N-dealkylation sites (N-methyl/N-ethyl adjacent to an activating group) is 1. The normalized spacial score (nSPS) is 24.9. The van der Waals surface area contributed by atoms with Gasteiger partial charge in [-0.05, 0) is 31.8 Å². The predicted molar refractivity (Wildman–Crippen MR) is 125 cm³/mol. The van der Waals surface area contributed by atoms with E-state index in [4.69, 9.17) is 5.73 Å². The topological polar surface area (TPSA) is 171 Å². The highest BCUT2D eigenvalue weighted by molar-refractivity contribution is 7.98. The molecule has 1 rings (SSSR count). The van der Waals surface area contributed by atoms with Gasteiger partial charge in [-0.1, -0.05) is 12.2 Å². The van der Waals surface area contributed by atoms with Crippen LogP contribution in [0.15, 0.2) is 12.2 Å². The van der Waals surface area contributed by atoms with Crippen LogP contribution in [-0.4, -0.2) is 102 Å². The molecule has 0 unspecified atom stereocenters. The highest BCUT2D eigenvalue weighted by Gasteiger charge is 2.35. The molecule has 0 spiro atoms. The molecule has 0 radical (unpaired) electrons. The molecule has 0 fully saturated rings. The Balaban J connectivity index is 3.16. The summed E-state index contributed by atoms with van der Waals surface area (Å²) < 4.78 is 0. The molecule has 1 aliphatic rings. The summed E-state index contributed by atoms with van der Waals surface area (Å²) in [4.78, 5) is 63.6. The van der Waals surface area contributed by atoms with Crippen LogP contribution >= 0.6 is 11.8 Å². The number of aliphatic hydroxyl groups excluding tert-OH is 1. The van der Waals surface area contributed by atoms with Crippen LogP contribution < -0.4 is 21.7 Å². The monoisotopic (exact) mass is 485 g/mol. The molecule has 0 aromatic rings. The van der Waals surface area contributed by atoms with Crippen molar-refractivity contribution >= 4 is 41.4 Å². The first-order valence-corrected chi connectivity index (χ1v) is 12.1. The molecule has 186 valence electrons. The number of hydrogen-bond acceptors (Lipinski definition) is 10. The maximum Gasteiger partial charge on any atom is 0.247 e. The smallest absolute Gasteiger partial charge is 0.247 e. The van der Waals surface area contributed by atoms with E-state index in [1.807, 2.05) is 6.26 Å². The average molecular weight is 486 g/mol. The van der Waals surface area contributed by atoms with E-state index >= 15 is 0 Å². The molecule has 6 N–H and O–H groups in total. The zero-order valence-corrected chi connectivity index (χ0v) is 20.1. The van der Waals surface area contributed by atoms with Crippen molar-refractivity contribution in [3.63, 3.8) is 0 Å². The van der Waals surface area contributed by atoms with Gasteiger partial charge in [-0.2, -0.15) is 11.8 Å². The van der Waals surface area contributed by atoms with E-state index in [2.05, 4.69) is 16.0 Å². The van der Waals surface area contributed by atoms with Gasteiger partial charge >= 0.3 is 0 Å². The number of carbonyl (C=O) groups excluding carboxylic acids is 5. The molecule has 5 atom stereocenters. The largest absolute Gasteiger partial charge is 0.391 e. The third kappa shape index (κ3) is 9.72. The number of aldehydes is 1. The molecule has 1 aliphatic heterocycles. The Morgan fingerprint density at radius 3 is 2.70 bits per heavy atom. The van der Waals surface area contributed by atoms with Crippen molar-refractivity contribution in [2.45, 2.75) is 56.6 Å². The van der Waals surface area contributed by atoms with E-state index in [1.54, 1.807) is 12.2 Å². The molecule has 11 nitrogen and oxygen atoms in total. The van der Waals surface area contributed by atoms with Crippen LogP contribution in [0.3, 0.4) is 0 Å². The van der Waals surface area contributed by atoms with E-state index in [1.165, 1.54) is 30.6 Å². The van der Waals surface area contributed by atoms with Gasteiger partial charge in [0.2, 0.25) is 11.8 Å². The van der Waals surface area contributed by atoms with Crippen molar-refractivity contribution in [3.8, 4) is 0 Å². The Morgan fingerprint density at radius 2 is 2.09 bits per heavy atom. The van der Waals surface area contributed by atoms with Gasteiger partial charge < -0.3 is 25.9 Å². The second kappa shape index (κ2) is 14.9. The second-order valence-electron chi connectivity index (χ2n) is 7.87. The number of nitrogens with one attached hydrogen (secondary N) is 3. The molecule has 0 aromatic heterocycles. The van der Waals surface area contributed by atoms with Crippen LogP contribution in [0.2, 0.25) is 0 Å². The van der Waals surface area contributed by atoms with Crippen LogP contribution in [0.5, 0.6) is 0 Å². The maximum absolute atomic E-state index is 12.9. The number of Topliss-reactive ketones (excluding diaryl/α,β-unsaturated/α-hetero) is 2. The van der Waals surface area contributed by atoms with Crippen LogP contribution in [0.1, 0.15) is 26.2 Å². The molecular formula is C21H35N5O6S. The summed E-state index contributed by atoms with van der Waals surface area (Å²) in [6.07, 6.45) is 4.54. The third-order valence-corrected chi connectivity index (χ3v) is 5.77. The fraction of sp³-hybridized carbons (Fsp3) is 0.667. The number of thioether (sulfide) groups is 1. The van der Waals surface area contributed by atoms with Crippen molar-refractivity contribution in [3.05, 3.63) is 12.2 Å². The molecule has 0 aliphatic carbocycles. The minimum Gasteiger partial charge on any atom is -0.391 e. The quantitative estimate of drug-likeness (QED) is 0.139. The molecular weight excluding hydrogens is 450 g/mol. The predicted octanol–water partition coefficient (Wildman–Crippen LogP) is -2.05. The number of allylic oxidation sites excluding steroid dienone is 1. The summed E-state index contributed by atoms with van der Waals surface area (Å²) in [7, 11) is 1.49. The van der Waals surface area contributed by atoms with Gasteiger partial charge in [-0.15, -0.1) is 0 Å². The van der Waals surface area contributed by atoms with E-state index in [9.17, 15) is 29.1 Å². The summed E-state index contributed by atoms with van der Waals surface area (Å²) in [6.45, 7) is 1.06. The lowest BCUT2D eigenvalue weighted by Crippen LogP contribution is -2.61. The van der Waals surface area contributed by atoms with Crippen LogP contribution in [0, 0.1) is 0 Å². The highest BCUT2D eigenvalue weighted by Crippen LogP contribution is 2.04. The van der Waals surface area contributed by atoms with Gasteiger partial charge in [-0.25, -0.2) is 0 Å². The summed E-state index contributed by atoms with van der Waals surface area (Å²) in [6, 6.07) is -3.46. The molecule has 2 amide bonds. The van der Waals surface area contributed by atoms with Crippen LogP contribution in [-0.2, 0) is 24.0 Å². The number of ketones is 2. The van der Waals surface area contributed by atoms with Crippen molar-refractivity contribution in [1.82, 2.24) is 20.9 Å². The number of amides is 2. The minimum absolute atomic E-state index is 0.119. The van der Waals surface area contributed by atoms with Gasteiger partial charge in [0.05, 0.1) is 24.7 Å². The highest BCUT2D eigenvalue weighted by atomic mass is 32.2. The van der Waals surface area contributed by atoms with Crippen molar-refractivity contribution in [1.29, 1.82) is 0 Å². The minimum atomic E-state index is -1.46. The van der Waals surface area contributed by atoms with Gasteiger partial charge in [0.1, 0.15) is 18.5 Å². The second-order valence-corrected chi connectivity index (χ2v) is 8.85. The number of nitrogens with zero attached hydrogens (tertiary/aromatic N) is 1. The molecule has 12 heteroatoms. The Hall–Kier alpha value is -2.12. The van der Waals surface area contributed by atoms with Gasteiger partial charge in [0, 0.05) is 20.0 Å². The lowest BCUT2D eigenvalue weighted by molar-refractivity contribution is -0.139. The van der Waals surface area contributed by atoms with Gasteiger partial charge in [-0.3, -0.25) is 29.8 Å². The summed E-state index contributed by atoms with van der Waals surface area (Å²) in [5, 5.41) is 17.8. The van der Waals surface area contributed by atoms with E-state index in [0.29, 0.717) is 24.9 Å². The first-order valence-electron chi connectivity index (χ1n) is 10.7. The fourth-order valence-electron chi connectivity index (χ4n) is 3.02. The molecule has 0 saturated carbocycles. The Morgan fingerprint density at radius 1 is 1.39 bits per heavy atom. The van der Waals surface area contributed by atoms with E-state index in [-0.39, 0.29) is 18.9 Å². The van der Waals surface area contributed by atoms with Crippen molar-refractivity contribution in [2.75, 3.05) is 32.1 Å². The zero-order chi connectivity index (χ0) is 25.0. The van der Waals surface area contributed by atoms with Crippen LogP contribution in [0.4, 0.5) is 0 Å². The molecule has 0 saturated heterocycles. The summed E-state index contributed by atoms with van der Waals surface area (Å²) in [5.74, 6) is -1.64. The molecule has 33 heavy (non-hydrogen) atoms. The van der Waals surface area contributed by atoms with Crippen molar-refractivity contribution in [2.24, 2.45) is 5.73 Å². The van der Waals surface area contributed by atoms with Crippen LogP contribution in [0.25, 0.3) is 0 Å². The summed E-state index contributed by atoms with van der Waals surface area (Å²) >= 11 is 1.54. The third-order valence-electron chi connectivity index (χ3n) is 5.13.